The fourth-order valence-electron chi connectivity index (χ4n) is 4.13. The Bertz CT molecular complexity index is 1190. The van der Waals surface area contributed by atoms with Crippen molar-refractivity contribution < 1.29 is 14.4 Å². The van der Waals surface area contributed by atoms with Crippen molar-refractivity contribution in [3.8, 4) is 16.5 Å². The number of aliphatic hydroxyl groups excluding tert-OH is 1. The van der Waals surface area contributed by atoms with Crippen LogP contribution < -0.4 is 4.74 Å². The van der Waals surface area contributed by atoms with Crippen LogP contribution in [0, 0.1) is 6.92 Å². The van der Waals surface area contributed by atoms with Crippen molar-refractivity contribution in [1.29, 1.82) is 0 Å². The molecule has 0 spiro atoms. The predicted molar refractivity (Wildman–Crippen MR) is 130 cm³/mol. The Balaban J connectivity index is 1.09. The van der Waals surface area contributed by atoms with Gasteiger partial charge in [-0.3, -0.25) is 9.80 Å². The third-order valence-electron chi connectivity index (χ3n) is 5.77. The summed E-state index contributed by atoms with van der Waals surface area (Å²) in [7, 11) is 0. The lowest BCUT2D eigenvalue weighted by atomic mass is 10.1. The fraction of sp³-hybridized carbons (Fsp3) is 0.435. The average molecular weight is 486 g/mol. The number of nitrogens with zero attached hydrogens (tertiary/aromatic N) is 5. The standard InChI is InChI=1S/C23H27N5O3S2/c1-15-11-27(13-22-25-23(26-31-22)21-4-3-9-32-21)7-8-28(15)12-17(29)14-30-18-5-6-20-19(10-18)24-16(2)33-20/h3-6,9-10,15,17,29H,7-8,11-14H2,1-2H3/t15-,17-/m0/s1. The maximum Gasteiger partial charge on any atom is 0.241 e. The van der Waals surface area contributed by atoms with Gasteiger partial charge in [0.15, 0.2) is 0 Å². The Morgan fingerprint density at radius 3 is 3.00 bits per heavy atom. The van der Waals surface area contributed by atoms with Gasteiger partial charge in [0.2, 0.25) is 11.7 Å². The summed E-state index contributed by atoms with van der Waals surface area (Å²) >= 11 is 3.27. The number of aromatic nitrogens is 3. The van der Waals surface area contributed by atoms with Gasteiger partial charge >= 0.3 is 0 Å². The Morgan fingerprint density at radius 1 is 1.27 bits per heavy atom. The number of ether oxygens (including phenoxy) is 1. The van der Waals surface area contributed by atoms with Crippen molar-refractivity contribution in [1.82, 2.24) is 24.9 Å². The average Bonchev–Trinajstić information content (AvgIpc) is 3.54. The Kier molecular flexibility index (Phi) is 6.70. The van der Waals surface area contributed by atoms with E-state index in [1.165, 1.54) is 0 Å². The molecule has 5 rings (SSSR count). The highest BCUT2D eigenvalue weighted by Crippen LogP contribution is 2.26. The van der Waals surface area contributed by atoms with Gasteiger partial charge in [-0.2, -0.15) is 4.98 Å². The molecule has 174 valence electrons. The molecule has 3 aromatic heterocycles. The molecule has 1 saturated heterocycles. The maximum atomic E-state index is 10.6. The summed E-state index contributed by atoms with van der Waals surface area (Å²) in [6.07, 6.45) is -0.559. The number of aliphatic hydroxyl groups is 1. The van der Waals surface area contributed by atoms with Crippen molar-refractivity contribution in [2.75, 3.05) is 32.8 Å². The normalized spacial score (nSPS) is 18.7. The Hall–Kier alpha value is -2.37. The summed E-state index contributed by atoms with van der Waals surface area (Å²) in [5.74, 6) is 2.03. The van der Waals surface area contributed by atoms with Crippen LogP contribution in [0.1, 0.15) is 17.8 Å². The molecule has 0 bridgehead atoms. The lowest BCUT2D eigenvalue weighted by molar-refractivity contribution is 0.0174. The van der Waals surface area contributed by atoms with E-state index in [9.17, 15) is 5.11 Å². The molecular weight excluding hydrogens is 458 g/mol. The summed E-state index contributed by atoms with van der Waals surface area (Å²) in [6.45, 7) is 8.29. The van der Waals surface area contributed by atoms with E-state index in [2.05, 4.69) is 31.8 Å². The van der Waals surface area contributed by atoms with Gasteiger partial charge in [0.1, 0.15) is 18.5 Å². The van der Waals surface area contributed by atoms with E-state index in [1.54, 1.807) is 22.7 Å². The highest BCUT2D eigenvalue weighted by molar-refractivity contribution is 7.18. The third kappa shape index (κ3) is 5.42. The number of piperazine rings is 1. The molecule has 0 amide bonds. The largest absolute Gasteiger partial charge is 0.491 e. The zero-order chi connectivity index (χ0) is 22.8. The molecule has 1 fully saturated rings. The summed E-state index contributed by atoms with van der Waals surface area (Å²) in [6, 6.07) is 10.2. The quantitative estimate of drug-likeness (QED) is 0.405. The maximum absolute atomic E-state index is 10.6. The molecule has 2 atom stereocenters. The first-order chi connectivity index (χ1) is 16.0. The van der Waals surface area contributed by atoms with Crippen molar-refractivity contribution in [3.05, 3.63) is 46.6 Å². The van der Waals surface area contributed by atoms with Gasteiger partial charge in [0.05, 0.1) is 26.6 Å². The zero-order valence-corrected chi connectivity index (χ0v) is 20.3. The molecule has 0 unspecified atom stereocenters. The first-order valence-corrected chi connectivity index (χ1v) is 12.7. The monoisotopic (exact) mass is 485 g/mol. The van der Waals surface area contributed by atoms with Crippen molar-refractivity contribution in [3.63, 3.8) is 0 Å². The van der Waals surface area contributed by atoms with Crippen LogP contribution in [0.3, 0.4) is 0 Å². The predicted octanol–water partition coefficient (Wildman–Crippen LogP) is 3.66. The number of thiophene rings is 1. The van der Waals surface area contributed by atoms with E-state index in [-0.39, 0.29) is 6.61 Å². The van der Waals surface area contributed by atoms with Gasteiger partial charge in [-0.15, -0.1) is 22.7 Å². The number of aryl methyl sites for hydroxylation is 1. The van der Waals surface area contributed by atoms with Gasteiger partial charge in [-0.25, -0.2) is 4.98 Å². The molecule has 8 nitrogen and oxygen atoms in total. The van der Waals surface area contributed by atoms with E-state index in [0.29, 0.717) is 30.8 Å². The minimum absolute atomic E-state index is 0.259. The van der Waals surface area contributed by atoms with Gasteiger partial charge in [-0.1, -0.05) is 11.2 Å². The molecule has 1 aliphatic heterocycles. The number of rotatable bonds is 8. The van der Waals surface area contributed by atoms with Gasteiger partial charge in [0.25, 0.3) is 0 Å². The number of thiazole rings is 1. The molecule has 1 aliphatic rings. The van der Waals surface area contributed by atoms with Crippen LogP contribution in [0.25, 0.3) is 20.9 Å². The fourth-order valence-corrected chi connectivity index (χ4v) is 5.59. The summed E-state index contributed by atoms with van der Waals surface area (Å²) in [5, 5.41) is 17.7. The smallest absolute Gasteiger partial charge is 0.241 e. The molecule has 4 heterocycles. The molecular formula is C23H27N5O3S2. The number of benzene rings is 1. The summed E-state index contributed by atoms with van der Waals surface area (Å²) < 4.78 is 12.4. The van der Waals surface area contributed by atoms with Crippen LogP contribution >= 0.6 is 22.7 Å². The van der Waals surface area contributed by atoms with E-state index in [0.717, 1.165) is 45.5 Å². The Labute approximate surface area is 200 Å². The minimum atomic E-state index is -0.559. The van der Waals surface area contributed by atoms with E-state index >= 15 is 0 Å². The SMILES string of the molecule is Cc1nc2cc(OC[C@@H](O)CN3CCN(Cc4nc(-c5cccs5)no4)C[C@@H]3C)ccc2s1. The topological polar surface area (TPSA) is 87.8 Å². The third-order valence-corrected chi connectivity index (χ3v) is 7.59. The van der Waals surface area contributed by atoms with Crippen molar-refractivity contribution in [2.24, 2.45) is 0 Å². The van der Waals surface area contributed by atoms with Crippen molar-refractivity contribution >= 4 is 32.9 Å². The lowest BCUT2D eigenvalue weighted by Gasteiger charge is -2.40. The first kappa shape index (κ1) is 22.4. The van der Waals surface area contributed by atoms with Crippen LogP contribution in [-0.2, 0) is 6.54 Å². The van der Waals surface area contributed by atoms with Crippen molar-refractivity contribution in [2.45, 2.75) is 32.5 Å². The van der Waals surface area contributed by atoms with E-state index < -0.39 is 6.10 Å². The number of β-amino-alcohol motifs (C(OH)–C–C–N with tert-alkyl or cyclic N) is 1. The first-order valence-electron chi connectivity index (χ1n) is 11.0. The summed E-state index contributed by atoms with van der Waals surface area (Å²) in [5.41, 5.74) is 0.943. The molecule has 0 saturated carbocycles. The highest BCUT2D eigenvalue weighted by atomic mass is 32.1. The second-order valence-electron chi connectivity index (χ2n) is 8.40. The lowest BCUT2D eigenvalue weighted by Crippen LogP contribution is -2.53. The van der Waals surface area contributed by atoms with Crippen LogP contribution in [0.4, 0.5) is 0 Å². The van der Waals surface area contributed by atoms with Gasteiger partial charge in [-0.05, 0) is 37.4 Å². The van der Waals surface area contributed by atoms with Crippen LogP contribution in [0.2, 0.25) is 0 Å². The van der Waals surface area contributed by atoms with E-state index in [1.807, 2.05) is 42.6 Å². The number of hydrogen-bond donors (Lipinski definition) is 1. The minimum Gasteiger partial charge on any atom is -0.491 e. The van der Waals surface area contributed by atoms with Crippen LogP contribution in [0.15, 0.2) is 40.2 Å². The van der Waals surface area contributed by atoms with Gasteiger partial charge < -0.3 is 14.4 Å². The van der Waals surface area contributed by atoms with E-state index in [4.69, 9.17) is 9.26 Å². The molecule has 0 radical (unpaired) electrons. The van der Waals surface area contributed by atoms with Crippen LogP contribution in [-0.4, -0.2) is 75.0 Å². The number of fused-ring (bicyclic) bond motifs is 1. The molecule has 1 aromatic carbocycles. The molecule has 4 aromatic rings. The highest BCUT2D eigenvalue weighted by Gasteiger charge is 2.26. The van der Waals surface area contributed by atoms with Gasteiger partial charge in [0, 0.05) is 38.3 Å². The number of hydrogen-bond acceptors (Lipinski definition) is 10. The Morgan fingerprint density at radius 2 is 2.18 bits per heavy atom. The second-order valence-corrected chi connectivity index (χ2v) is 10.6. The van der Waals surface area contributed by atoms with Crippen LogP contribution in [0.5, 0.6) is 5.75 Å². The second kappa shape index (κ2) is 9.86. The molecule has 0 aliphatic carbocycles. The molecule has 1 N–H and O–H groups in total. The molecule has 10 heteroatoms. The zero-order valence-electron chi connectivity index (χ0n) is 18.7. The summed E-state index contributed by atoms with van der Waals surface area (Å²) in [4.78, 5) is 14.7. The molecule has 33 heavy (non-hydrogen) atoms.